The van der Waals surface area contributed by atoms with E-state index >= 15 is 0 Å². The topological polar surface area (TPSA) is 84.5 Å². The number of amides is 2. The Morgan fingerprint density at radius 2 is 2.00 bits per heavy atom. The Bertz CT molecular complexity index is 550. The second-order valence-electron chi connectivity index (χ2n) is 6.50. The van der Waals surface area contributed by atoms with Crippen LogP contribution in [-0.4, -0.2) is 27.9 Å². The molecule has 1 aromatic rings. The average Bonchev–Trinajstić information content (AvgIpc) is 2.88. The van der Waals surface area contributed by atoms with E-state index in [1.165, 1.54) is 11.3 Å². The first-order valence-electron chi connectivity index (χ1n) is 7.34. The fraction of sp³-hybridized carbons (Fsp3) is 0.600. The molecule has 0 radical (unpaired) electrons. The lowest BCUT2D eigenvalue weighted by Gasteiger charge is -2.24. The third-order valence-electron chi connectivity index (χ3n) is 2.59. The molecule has 0 bridgehead atoms. The predicted molar refractivity (Wildman–Crippen MR) is 91.5 cm³/mol. The second kappa shape index (κ2) is 8.44. The standard InChI is InChI=1S/C15H24N2O4S2/c1-10(2)9-11(16-14(19)21-15(3,4)5)13(18)17-23(20)12-7-6-8-22-12/h6-8,10-11H,9H2,1-5H3,(H,16,19)(H,17,18). The minimum Gasteiger partial charge on any atom is -0.444 e. The lowest BCUT2D eigenvalue weighted by Crippen LogP contribution is -2.49. The van der Waals surface area contributed by atoms with E-state index in [9.17, 15) is 13.8 Å². The second-order valence-corrected chi connectivity index (χ2v) is 8.88. The van der Waals surface area contributed by atoms with Crippen LogP contribution < -0.4 is 10.0 Å². The molecule has 2 amide bonds. The van der Waals surface area contributed by atoms with Crippen molar-refractivity contribution in [3.8, 4) is 0 Å². The molecule has 0 aromatic carbocycles. The van der Waals surface area contributed by atoms with Gasteiger partial charge in [-0.15, -0.1) is 11.3 Å². The maximum atomic E-state index is 12.3. The highest BCUT2D eigenvalue weighted by molar-refractivity contribution is 7.86. The Morgan fingerprint density at radius 1 is 1.35 bits per heavy atom. The molecule has 6 nitrogen and oxygen atoms in total. The van der Waals surface area contributed by atoms with Gasteiger partial charge >= 0.3 is 6.09 Å². The van der Waals surface area contributed by atoms with Gasteiger partial charge in [0.1, 0.15) is 15.9 Å². The molecule has 130 valence electrons. The van der Waals surface area contributed by atoms with Crippen molar-refractivity contribution in [2.75, 3.05) is 0 Å². The lowest BCUT2D eigenvalue weighted by molar-refractivity contribution is -0.121. The van der Waals surface area contributed by atoms with Crippen molar-refractivity contribution in [3.05, 3.63) is 17.5 Å². The molecular weight excluding hydrogens is 336 g/mol. The molecule has 8 heteroatoms. The fourth-order valence-electron chi connectivity index (χ4n) is 1.73. The number of rotatable bonds is 6. The fourth-order valence-corrected chi connectivity index (χ4v) is 3.45. The molecule has 0 saturated heterocycles. The summed E-state index contributed by atoms with van der Waals surface area (Å²) in [5.41, 5.74) is -0.650. The summed E-state index contributed by atoms with van der Waals surface area (Å²) in [4.78, 5) is 24.2. The summed E-state index contributed by atoms with van der Waals surface area (Å²) < 4.78 is 20.2. The molecule has 23 heavy (non-hydrogen) atoms. The Morgan fingerprint density at radius 3 is 2.48 bits per heavy atom. The van der Waals surface area contributed by atoms with Crippen molar-refractivity contribution in [1.82, 2.24) is 10.0 Å². The van der Waals surface area contributed by atoms with Gasteiger partial charge in [-0.05, 0) is 44.6 Å². The van der Waals surface area contributed by atoms with E-state index < -0.39 is 34.6 Å². The van der Waals surface area contributed by atoms with Crippen LogP contribution >= 0.6 is 11.3 Å². The van der Waals surface area contributed by atoms with E-state index in [4.69, 9.17) is 4.74 Å². The van der Waals surface area contributed by atoms with Crippen molar-refractivity contribution in [2.24, 2.45) is 5.92 Å². The maximum absolute atomic E-state index is 12.3. The van der Waals surface area contributed by atoms with E-state index in [-0.39, 0.29) is 5.92 Å². The maximum Gasteiger partial charge on any atom is 0.408 e. The highest BCUT2D eigenvalue weighted by Crippen LogP contribution is 2.13. The molecule has 0 aliphatic rings. The number of carbonyl (C=O) groups excluding carboxylic acids is 2. The van der Waals surface area contributed by atoms with Crippen molar-refractivity contribution >= 4 is 34.3 Å². The van der Waals surface area contributed by atoms with Gasteiger partial charge in [-0.3, -0.25) is 9.52 Å². The third-order valence-corrected chi connectivity index (χ3v) is 4.88. The first-order valence-corrected chi connectivity index (χ1v) is 9.36. The van der Waals surface area contributed by atoms with Crippen LogP contribution in [0.2, 0.25) is 0 Å². The first-order chi connectivity index (χ1) is 10.6. The molecule has 0 aliphatic heterocycles. The van der Waals surface area contributed by atoms with Crippen molar-refractivity contribution in [3.63, 3.8) is 0 Å². The molecule has 1 heterocycles. The lowest BCUT2D eigenvalue weighted by atomic mass is 10.0. The van der Waals surface area contributed by atoms with Crippen LogP contribution in [0.1, 0.15) is 41.0 Å². The molecule has 0 fully saturated rings. The van der Waals surface area contributed by atoms with Gasteiger partial charge in [0.2, 0.25) is 0 Å². The molecule has 0 saturated carbocycles. The van der Waals surface area contributed by atoms with Gasteiger partial charge in [-0.1, -0.05) is 19.9 Å². The van der Waals surface area contributed by atoms with E-state index in [1.54, 1.807) is 38.3 Å². The van der Waals surface area contributed by atoms with Gasteiger partial charge in [0.15, 0.2) is 11.0 Å². The Kier molecular flexibility index (Phi) is 7.21. The van der Waals surface area contributed by atoms with E-state index in [2.05, 4.69) is 10.0 Å². The molecule has 2 N–H and O–H groups in total. The molecule has 0 aliphatic carbocycles. The largest absolute Gasteiger partial charge is 0.444 e. The summed E-state index contributed by atoms with van der Waals surface area (Å²) in [6.45, 7) is 9.11. The summed E-state index contributed by atoms with van der Waals surface area (Å²) in [6, 6.07) is 2.64. The van der Waals surface area contributed by atoms with Crippen molar-refractivity contribution < 1.29 is 18.5 Å². The number of ether oxygens (including phenoxy) is 1. The normalized spacial score (nSPS) is 14.2. The van der Waals surface area contributed by atoms with Gasteiger partial charge in [-0.2, -0.15) is 0 Å². The smallest absolute Gasteiger partial charge is 0.408 e. The molecule has 1 rings (SSSR count). The zero-order valence-electron chi connectivity index (χ0n) is 14.0. The van der Waals surface area contributed by atoms with Gasteiger partial charge in [0, 0.05) is 0 Å². The SMILES string of the molecule is CC(C)CC(NC(=O)OC(C)(C)C)C(=O)NS(=O)c1cccs1. The zero-order chi connectivity index (χ0) is 17.6. The summed E-state index contributed by atoms with van der Waals surface area (Å²) in [6.07, 6.45) is -0.243. The number of thiophene rings is 1. The van der Waals surface area contributed by atoms with Crippen LogP contribution in [0, 0.1) is 5.92 Å². The summed E-state index contributed by atoms with van der Waals surface area (Å²) >= 11 is 1.29. The highest BCUT2D eigenvalue weighted by atomic mass is 32.2. The van der Waals surface area contributed by atoms with Gasteiger partial charge in [0.05, 0.1) is 0 Å². The zero-order valence-corrected chi connectivity index (χ0v) is 15.7. The monoisotopic (exact) mass is 360 g/mol. The minimum atomic E-state index is -1.62. The van der Waals surface area contributed by atoms with Gasteiger partial charge in [-0.25, -0.2) is 9.00 Å². The molecule has 2 unspecified atom stereocenters. The first kappa shape index (κ1) is 19.6. The quantitative estimate of drug-likeness (QED) is 0.817. The van der Waals surface area contributed by atoms with E-state index in [0.717, 1.165) is 0 Å². The Balaban J connectivity index is 2.70. The number of alkyl carbamates (subject to hydrolysis) is 1. The van der Waals surface area contributed by atoms with Crippen LogP contribution in [0.5, 0.6) is 0 Å². The number of carbonyl (C=O) groups is 2. The van der Waals surface area contributed by atoms with Crippen molar-refractivity contribution in [2.45, 2.75) is 56.9 Å². The van der Waals surface area contributed by atoms with Gasteiger partial charge < -0.3 is 10.1 Å². The van der Waals surface area contributed by atoms with Crippen LogP contribution in [0.4, 0.5) is 4.79 Å². The van der Waals surface area contributed by atoms with E-state index in [1.807, 2.05) is 13.8 Å². The summed E-state index contributed by atoms with van der Waals surface area (Å²) in [5, 5.41) is 4.33. The molecular formula is C15H24N2O4S2. The minimum absolute atomic E-state index is 0.177. The predicted octanol–water partition coefficient (Wildman–Crippen LogP) is 2.83. The highest BCUT2D eigenvalue weighted by Gasteiger charge is 2.26. The number of hydrogen-bond donors (Lipinski definition) is 2. The van der Waals surface area contributed by atoms with Crippen LogP contribution in [-0.2, 0) is 20.5 Å². The molecule has 0 spiro atoms. The number of nitrogens with one attached hydrogen (secondary N) is 2. The Labute approximate surface area is 143 Å². The van der Waals surface area contributed by atoms with Crippen molar-refractivity contribution in [1.29, 1.82) is 0 Å². The average molecular weight is 361 g/mol. The summed E-state index contributed by atoms with van der Waals surface area (Å²) in [5.74, 6) is -0.313. The van der Waals surface area contributed by atoms with E-state index in [0.29, 0.717) is 10.6 Å². The van der Waals surface area contributed by atoms with Crippen LogP contribution in [0.15, 0.2) is 21.7 Å². The van der Waals surface area contributed by atoms with Crippen LogP contribution in [0.3, 0.4) is 0 Å². The summed E-state index contributed by atoms with van der Waals surface area (Å²) in [7, 11) is -1.62. The molecule has 1 aromatic heterocycles. The van der Waals surface area contributed by atoms with Crippen LogP contribution in [0.25, 0.3) is 0 Å². The van der Waals surface area contributed by atoms with Gasteiger partial charge in [0.25, 0.3) is 5.91 Å². The Hall–Kier alpha value is -1.41. The third kappa shape index (κ3) is 7.60. The molecule has 2 atom stereocenters. The number of hydrogen-bond acceptors (Lipinski definition) is 5.